The van der Waals surface area contributed by atoms with Gasteiger partial charge in [-0.1, -0.05) is 60.7 Å². The monoisotopic (exact) mass is 907 g/mol. The van der Waals surface area contributed by atoms with Gasteiger partial charge in [0.15, 0.2) is 0 Å². The molecule has 0 spiro atoms. The van der Waals surface area contributed by atoms with Crippen LogP contribution in [0.25, 0.3) is 0 Å². The Morgan fingerprint density at radius 3 is 0.449 bits per heavy atom. The zero-order valence-electron chi connectivity index (χ0n) is 36.4. The second-order valence-corrected chi connectivity index (χ2v) is 14.8. The molecule has 0 saturated heterocycles. The highest BCUT2D eigenvalue weighted by atomic mass is 15.2. The van der Waals surface area contributed by atoms with Crippen molar-refractivity contribution in [2.24, 2.45) is 0 Å². The predicted octanol–water partition coefficient (Wildman–Crippen LogP) is 11.3. The summed E-state index contributed by atoms with van der Waals surface area (Å²) in [5.41, 5.74) is 0. The number of hydrogen-bond donors (Lipinski definition) is 9. The molecule has 0 radical (unpaired) electrons. The Morgan fingerprint density at radius 2 is 0.304 bits per heavy atom. The molecule has 0 aromatic carbocycles. The predicted molar refractivity (Wildman–Crippen MR) is 272 cm³/mol. The Kier molecular flexibility index (Phi) is 12.8. The third-order valence-corrected chi connectivity index (χ3v) is 9.63. The van der Waals surface area contributed by atoms with Crippen LogP contribution in [-0.2, 0) is 0 Å². The summed E-state index contributed by atoms with van der Waals surface area (Å²) in [5.74, 6) is 11.1. The van der Waals surface area contributed by atoms with Gasteiger partial charge in [-0.2, -0.15) is 0 Å². The fourth-order valence-corrected chi connectivity index (χ4v) is 6.65. The van der Waals surface area contributed by atoms with E-state index in [4.69, 9.17) is 29.9 Å². The zero-order chi connectivity index (χ0) is 46.5. The van der Waals surface area contributed by atoms with Gasteiger partial charge in [0, 0.05) is 12.4 Å². The number of hydrogen-bond acceptors (Lipinski definition) is 19. The summed E-state index contributed by atoms with van der Waals surface area (Å²) in [6, 6.07) is 56.3. The highest BCUT2D eigenvalue weighted by Crippen LogP contribution is 2.25. The van der Waals surface area contributed by atoms with Crippen LogP contribution >= 0.6 is 0 Å². The van der Waals surface area contributed by atoms with E-state index in [2.05, 4.69) is 67.8 Å². The molecule has 0 fully saturated rings. The largest absolute Gasteiger partial charge is 0.325 e. The molecular weight excluding hydrogens is 867 g/mol. The molecule has 10 aromatic rings. The van der Waals surface area contributed by atoms with Crippen molar-refractivity contribution in [1.29, 1.82) is 0 Å². The van der Waals surface area contributed by atoms with Gasteiger partial charge in [-0.3, -0.25) is 0 Å². The molecule has 19 heteroatoms. The average Bonchev–Trinajstić information content (AvgIpc) is 3.36. The van der Waals surface area contributed by atoms with Crippen molar-refractivity contribution in [3.8, 4) is 0 Å². The fraction of sp³-hybridized carbons (Fsp3) is 0. The van der Waals surface area contributed by atoms with Crippen molar-refractivity contribution in [3.05, 3.63) is 194 Å². The van der Waals surface area contributed by atoms with Crippen LogP contribution in [0.15, 0.2) is 194 Å². The molecule has 0 unspecified atom stereocenters. The van der Waals surface area contributed by atoms with Crippen LogP contribution in [0.1, 0.15) is 0 Å². The Labute approximate surface area is 395 Å². The van der Waals surface area contributed by atoms with Crippen LogP contribution in [0.5, 0.6) is 0 Å². The normalized spacial score (nSPS) is 10.6. The Balaban J connectivity index is 0.733. The summed E-state index contributed by atoms with van der Waals surface area (Å²) in [7, 11) is 0. The molecule has 10 rings (SSSR count). The third-order valence-electron chi connectivity index (χ3n) is 9.63. The Hall–Kier alpha value is -10.3. The molecule has 9 N–H and O–H groups in total. The first kappa shape index (κ1) is 42.6. The smallest absolute Gasteiger partial charge is 0.133 e. The minimum atomic E-state index is 0.582. The number of pyridine rings is 10. The van der Waals surface area contributed by atoms with Crippen molar-refractivity contribution < 1.29 is 0 Å². The van der Waals surface area contributed by atoms with E-state index in [0.717, 1.165) is 0 Å². The topological polar surface area (TPSA) is 237 Å². The van der Waals surface area contributed by atoms with Crippen LogP contribution in [0.2, 0.25) is 0 Å². The molecule has 0 atom stereocenters. The standard InChI is InChI=1S/C50H41N19/c1-3-31-51-33(13-1)53-35-15-5-17-37(55-35)57-39-19-7-21-41(59-39)61-43-23-9-25-45(63-43)65-47-27-11-29-49(67-47)69-50-30-12-28-48(68-50)66-46-26-10-24-44(64-46)62-42-22-8-20-40(60-42)58-38-18-6-16-36(56-38)54-34-14-2-4-32-52-34/h1-32H,(H9,51,52,53,54,55,56,57,58,59,60,61,62,63,64,65,66,67,68,69). The summed E-state index contributed by atoms with van der Waals surface area (Å²) in [6.07, 6.45) is 3.45. The van der Waals surface area contributed by atoms with Crippen LogP contribution in [-0.4, -0.2) is 49.8 Å². The van der Waals surface area contributed by atoms with E-state index in [1.807, 2.05) is 182 Å². The van der Waals surface area contributed by atoms with E-state index < -0.39 is 0 Å². The van der Waals surface area contributed by atoms with Gasteiger partial charge in [0.2, 0.25) is 0 Å². The van der Waals surface area contributed by atoms with Crippen molar-refractivity contribution >= 4 is 105 Å². The minimum Gasteiger partial charge on any atom is -0.325 e. The van der Waals surface area contributed by atoms with Crippen molar-refractivity contribution in [3.63, 3.8) is 0 Å². The SMILES string of the molecule is c1ccc(Nc2cccc(Nc3cccc(Nc4cccc(Nc5cccc(Nc6cccc(Nc7cccc(Nc8cccc(Nc9cccc(Nc%10ccccn%10)n9)n8)n7)n6)n5)n4)n3)n2)nc1. The summed E-state index contributed by atoms with van der Waals surface area (Å²) < 4.78 is 0. The van der Waals surface area contributed by atoms with E-state index in [0.29, 0.717) is 105 Å². The highest BCUT2D eigenvalue weighted by Gasteiger charge is 2.09. The highest BCUT2D eigenvalue weighted by molar-refractivity contribution is 5.66. The zero-order valence-corrected chi connectivity index (χ0v) is 36.4. The van der Waals surface area contributed by atoms with E-state index in [1.165, 1.54) is 0 Å². The average molecular weight is 908 g/mol. The third kappa shape index (κ3) is 12.1. The number of anilines is 18. The van der Waals surface area contributed by atoms with Gasteiger partial charge in [0.25, 0.3) is 0 Å². The van der Waals surface area contributed by atoms with Crippen LogP contribution in [0.3, 0.4) is 0 Å². The molecule has 0 amide bonds. The number of rotatable bonds is 18. The lowest BCUT2D eigenvalue weighted by Crippen LogP contribution is -2.04. The first-order chi connectivity index (χ1) is 34.0. The molecule has 0 bridgehead atoms. The van der Waals surface area contributed by atoms with Crippen LogP contribution < -0.4 is 47.9 Å². The fourth-order valence-electron chi connectivity index (χ4n) is 6.65. The second kappa shape index (κ2) is 20.7. The maximum absolute atomic E-state index is 4.75. The maximum Gasteiger partial charge on any atom is 0.133 e. The lowest BCUT2D eigenvalue weighted by atomic mass is 10.3. The van der Waals surface area contributed by atoms with Crippen molar-refractivity contribution in [2.45, 2.75) is 0 Å². The van der Waals surface area contributed by atoms with Crippen LogP contribution in [0, 0.1) is 0 Å². The number of nitrogens with one attached hydrogen (secondary N) is 9. The molecule has 10 heterocycles. The Bertz CT molecular complexity index is 3090. The quantitative estimate of drug-likeness (QED) is 0.0389. The van der Waals surface area contributed by atoms with Crippen molar-refractivity contribution in [1.82, 2.24) is 49.8 Å². The molecule has 336 valence electrons. The maximum atomic E-state index is 4.75. The summed E-state index contributed by atoms with van der Waals surface area (Å²) >= 11 is 0. The molecule has 0 aliphatic rings. The van der Waals surface area contributed by atoms with E-state index in [9.17, 15) is 0 Å². The number of nitrogens with zero attached hydrogens (tertiary/aromatic N) is 10. The molecule has 0 aliphatic heterocycles. The first-order valence-electron chi connectivity index (χ1n) is 21.6. The van der Waals surface area contributed by atoms with Gasteiger partial charge < -0.3 is 47.9 Å². The lowest BCUT2D eigenvalue weighted by Gasteiger charge is -2.12. The number of aromatic nitrogens is 10. The molecular formula is C50H41N19. The second-order valence-electron chi connectivity index (χ2n) is 14.8. The summed E-state index contributed by atoms with van der Waals surface area (Å²) in [4.78, 5) is 46.3. The van der Waals surface area contributed by atoms with Gasteiger partial charge in [-0.15, -0.1) is 0 Å². The van der Waals surface area contributed by atoms with Crippen molar-refractivity contribution in [2.75, 3.05) is 47.9 Å². The minimum absolute atomic E-state index is 0.582. The first-order valence-corrected chi connectivity index (χ1v) is 21.6. The van der Waals surface area contributed by atoms with Gasteiger partial charge in [-0.05, 0) is 121 Å². The van der Waals surface area contributed by atoms with E-state index in [-0.39, 0.29) is 0 Å². The van der Waals surface area contributed by atoms with Crippen LogP contribution in [0.4, 0.5) is 105 Å². The van der Waals surface area contributed by atoms with E-state index in [1.54, 1.807) is 12.4 Å². The van der Waals surface area contributed by atoms with E-state index >= 15 is 0 Å². The van der Waals surface area contributed by atoms with Gasteiger partial charge in [0.1, 0.15) is 105 Å². The van der Waals surface area contributed by atoms with Gasteiger partial charge in [-0.25, -0.2) is 49.8 Å². The van der Waals surface area contributed by atoms with Gasteiger partial charge >= 0.3 is 0 Å². The Morgan fingerprint density at radius 1 is 0.159 bits per heavy atom. The molecule has 0 saturated carbocycles. The molecule has 69 heavy (non-hydrogen) atoms. The summed E-state index contributed by atoms with van der Waals surface area (Å²) in [5, 5.41) is 29.4. The molecule has 0 aliphatic carbocycles. The lowest BCUT2D eigenvalue weighted by molar-refractivity contribution is 1.20. The molecule has 19 nitrogen and oxygen atoms in total. The molecule has 10 aromatic heterocycles. The van der Waals surface area contributed by atoms with Gasteiger partial charge in [0.05, 0.1) is 0 Å². The summed E-state index contributed by atoms with van der Waals surface area (Å²) in [6.45, 7) is 0.